The number of anilines is 1. The quantitative estimate of drug-likeness (QED) is 0.813. The summed E-state index contributed by atoms with van der Waals surface area (Å²) in [7, 11) is 1.32. The number of hydrogen-bond acceptors (Lipinski definition) is 5. The Balaban J connectivity index is 1.74. The molecule has 0 saturated heterocycles. The fraction of sp³-hybridized carbons (Fsp3) is 0.400. The van der Waals surface area contributed by atoms with Gasteiger partial charge in [0, 0.05) is 12.2 Å². The Bertz CT molecular complexity index is 612. The van der Waals surface area contributed by atoms with Gasteiger partial charge in [-0.3, -0.25) is 19.9 Å². The van der Waals surface area contributed by atoms with Crippen LogP contribution in [0.15, 0.2) is 29.3 Å². The number of carbonyl (C=O) groups is 2. The number of para-hydroxylation sites is 1. The van der Waals surface area contributed by atoms with E-state index in [-0.39, 0.29) is 18.3 Å². The number of aliphatic imine (C=N–C) groups is 1. The lowest BCUT2D eigenvalue weighted by Gasteiger charge is -2.27. The molecule has 110 valence electrons. The predicted octanol–water partition coefficient (Wildman–Crippen LogP) is 0.714. The van der Waals surface area contributed by atoms with E-state index in [1.807, 2.05) is 23.1 Å². The molecular weight excluding hydrogens is 270 g/mol. The number of nitrogens with one attached hydrogen (secondary N) is 1. The molecule has 2 aliphatic heterocycles. The van der Waals surface area contributed by atoms with Crippen LogP contribution in [0.3, 0.4) is 0 Å². The van der Waals surface area contributed by atoms with Crippen LogP contribution in [-0.2, 0) is 20.7 Å². The molecule has 0 radical (unpaired) electrons. The van der Waals surface area contributed by atoms with Crippen molar-refractivity contribution in [1.82, 2.24) is 5.32 Å². The van der Waals surface area contributed by atoms with Crippen LogP contribution in [0.1, 0.15) is 12.0 Å². The molecule has 1 aromatic carbocycles. The molecule has 6 heteroatoms. The van der Waals surface area contributed by atoms with Crippen molar-refractivity contribution in [3.63, 3.8) is 0 Å². The van der Waals surface area contributed by atoms with Gasteiger partial charge in [0.2, 0.25) is 11.9 Å². The van der Waals surface area contributed by atoms with Gasteiger partial charge in [0.1, 0.15) is 0 Å². The number of esters is 1. The maximum absolute atomic E-state index is 12.1. The zero-order valence-corrected chi connectivity index (χ0v) is 11.8. The van der Waals surface area contributed by atoms with E-state index in [2.05, 4.69) is 21.1 Å². The predicted molar refractivity (Wildman–Crippen MR) is 78.1 cm³/mol. The van der Waals surface area contributed by atoms with Crippen molar-refractivity contribution in [2.24, 2.45) is 10.9 Å². The molecule has 1 aromatic rings. The van der Waals surface area contributed by atoms with Crippen LogP contribution in [-0.4, -0.2) is 38.0 Å². The van der Waals surface area contributed by atoms with Gasteiger partial charge in [0.15, 0.2) is 0 Å². The number of ether oxygens (including phenoxy) is 1. The summed E-state index contributed by atoms with van der Waals surface area (Å²) in [6.07, 6.45) is 1.01. The highest BCUT2D eigenvalue weighted by Gasteiger charge is 2.31. The number of methoxy groups -OCH3 is 1. The van der Waals surface area contributed by atoms with Crippen LogP contribution in [0.2, 0.25) is 0 Å². The lowest BCUT2D eigenvalue weighted by atomic mass is 10.0. The van der Waals surface area contributed by atoms with E-state index in [0.717, 1.165) is 18.7 Å². The average molecular weight is 287 g/mol. The normalized spacial score (nSPS) is 20.6. The third kappa shape index (κ3) is 2.61. The fourth-order valence-corrected chi connectivity index (χ4v) is 2.68. The second kappa shape index (κ2) is 5.55. The van der Waals surface area contributed by atoms with E-state index in [0.29, 0.717) is 12.5 Å². The van der Waals surface area contributed by atoms with Crippen LogP contribution in [0.5, 0.6) is 0 Å². The molecule has 2 heterocycles. The van der Waals surface area contributed by atoms with E-state index < -0.39 is 5.92 Å². The monoisotopic (exact) mass is 287 g/mol. The molecule has 2 aliphatic rings. The number of amides is 1. The van der Waals surface area contributed by atoms with Crippen molar-refractivity contribution in [3.8, 4) is 0 Å². The minimum atomic E-state index is -0.445. The largest absolute Gasteiger partial charge is 0.469 e. The summed E-state index contributed by atoms with van der Waals surface area (Å²) < 4.78 is 4.60. The molecule has 0 fully saturated rings. The highest BCUT2D eigenvalue weighted by Crippen LogP contribution is 2.28. The zero-order chi connectivity index (χ0) is 14.8. The number of carbonyl (C=O) groups excluding carboxylic acids is 2. The number of fused-ring (bicyclic) bond motifs is 1. The van der Waals surface area contributed by atoms with Gasteiger partial charge in [-0.05, 0) is 18.1 Å². The van der Waals surface area contributed by atoms with Crippen LogP contribution in [0, 0.1) is 5.92 Å². The first-order valence-electron chi connectivity index (χ1n) is 6.96. The Hall–Kier alpha value is -2.37. The second-order valence-electron chi connectivity index (χ2n) is 5.16. The number of guanidine groups is 1. The summed E-state index contributed by atoms with van der Waals surface area (Å²) in [6, 6.07) is 8.09. The summed E-state index contributed by atoms with van der Waals surface area (Å²) in [5.41, 5.74) is 2.34. The molecule has 0 aliphatic carbocycles. The van der Waals surface area contributed by atoms with Crippen LogP contribution >= 0.6 is 0 Å². The highest BCUT2D eigenvalue weighted by molar-refractivity contribution is 6.08. The lowest BCUT2D eigenvalue weighted by molar-refractivity contribution is -0.143. The van der Waals surface area contributed by atoms with E-state index in [1.165, 1.54) is 12.7 Å². The molecule has 0 spiro atoms. The minimum absolute atomic E-state index is 0.0652. The molecule has 0 saturated carbocycles. The van der Waals surface area contributed by atoms with Crippen molar-refractivity contribution in [2.75, 3.05) is 25.1 Å². The highest BCUT2D eigenvalue weighted by atomic mass is 16.5. The Morgan fingerprint density at radius 1 is 1.48 bits per heavy atom. The van der Waals surface area contributed by atoms with E-state index in [4.69, 9.17) is 0 Å². The van der Waals surface area contributed by atoms with Gasteiger partial charge in [0.05, 0.1) is 26.0 Å². The number of nitrogens with zero attached hydrogens (tertiary/aromatic N) is 2. The smallest absolute Gasteiger partial charge is 0.306 e. The molecule has 0 unspecified atom stereocenters. The number of benzene rings is 1. The van der Waals surface area contributed by atoms with Gasteiger partial charge >= 0.3 is 5.97 Å². The Morgan fingerprint density at radius 2 is 2.29 bits per heavy atom. The SMILES string of the molecule is COC(=O)C[C@@H]1CN=C(N2CCc3ccccc32)NC1=O. The summed E-state index contributed by atoms with van der Waals surface area (Å²) in [6.45, 7) is 1.12. The number of rotatable bonds is 2. The van der Waals surface area contributed by atoms with Crippen molar-refractivity contribution in [1.29, 1.82) is 0 Å². The van der Waals surface area contributed by atoms with Gasteiger partial charge in [0.25, 0.3) is 0 Å². The van der Waals surface area contributed by atoms with Crippen molar-refractivity contribution < 1.29 is 14.3 Å². The van der Waals surface area contributed by atoms with E-state index in [9.17, 15) is 9.59 Å². The summed E-state index contributed by atoms with van der Waals surface area (Å²) in [4.78, 5) is 29.8. The molecule has 3 rings (SSSR count). The summed E-state index contributed by atoms with van der Waals surface area (Å²) in [5.74, 6) is -0.430. The first-order valence-corrected chi connectivity index (χ1v) is 6.96. The van der Waals surface area contributed by atoms with E-state index in [1.54, 1.807) is 0 Å². The fourth-order valence-electron chi connectivity index (χ4n) is 2.68. The van der Waals surface area contributed by atoms with Crippen LogP contribution in [0.4, 0.5) is 5.69 Å². The van der Waals surface area contributed by atoms with Crippen LogP contribution < -0.4 is 10.2 Å². The molecule has 21 heavy (non-hydrogen) atoms. The van der Waals surface area contributed by atoms with Crippen molar-refractivity contribution in [2.45, 2.75) is 12.8 Å². The molecular formula is C15H17N3O3. The molecule has 6 nitrogen and oxygen atoms in total. The van der Waals surface area contributed by atoms with Gasteiger partial charge in [-0.15, -0.1) is 0 Å². The van der Waals surface area contributed by atoms with Crippen molar-refractivity contribution in [3.05, 3.63) is 29.8 Å². The molecule has 0 bridgehead atoms. The maximum atomic E-state index is 12.1. The summed E-state index contributed by atoms with van der Waals surface area (Å²) >= 11 is 0. The third-order valence-corrected chi connectivity index (χ3v) is 3.85. The third-order valence-electron chi connectivity index (χ3n) is 3.85. The maximum Gasteiger partial charge on any atom is 0.306 e. The second-order valence-corrected chi connectivity index (χ2v) is 5.16. The molecule has 1 amide bonds. The summed E-state index contributed by atoms with van der Waals surface area (Å²) in [5, 5.41) is 2.81. The Kier molecular flexibility index (Phi) is 3.60. The molecule has 1 N–H and O–H groups in total. The number of hydrogen-bond donors (Lipinski definition) is 1. The topological polar surface area (TPSA) is 71.0 Å². The Labute approximate surface area is 122 Å². The molecule has 1 atom stereocenters. The zero-order valence-electron chi connectivity index (χ0n) is 11.8. The average Bonchev–Trinajstić information content (AvgIpc) is 2.93. The minimum Gasteiger partial charge on any atom is -0.469 e. The van der Waals surface area contributed by atoms with Gasteiger partial charge in [-0.2, -0.15) is 0 Å². The van der Waals surface area contributed by atoms with Gasteiger partial charge < -0.3 is 9.64 Å². The Morgan fingerprint density at radius 3 is 3.05 bits per heavy atom. The van der Waals surface area contributed by atoms with Gasteiger partial charge in [-0.25, -0.2) is 0 Å². The van der Waals surface area contributed by atoms with Crippen molar-refractivity contribution >= 4 is 23.5 Å². The first-order chi connectivity index (χ1) is 10.2. The van der Waals surface area contributed by atoms with Crippen LogP contribution in [0.25, 0.3) is 0 Å². The standard InChI is InChI=1S/C15H17N3O3/c1-21-13(19)8-11-9-16-15(17-14(11)20)18-7-6-10-4-2-3-5-12(10)18/h2-5,11H,6-9H2,1H3,(H,16,17,20)/t11-/m1/s1. The lowest BCUT2D eigenvalue weighted by Crippen LogP contribution is -2.50. The van der Waals surface area contributed by atoms with E-state index >= 15 is 0 Å². The first kappa shape index (κ1) is 13.6. The molecule has 0 aromatic heterocycles. The van der Waals surface area contributed by atoms with Gasteiger partial charge in [-0.1, -0.05) is 18.2 Å².